The Morgan fingerprint density at radius 1 is 1.06 bits per heavy atom. The fourth-order valence-corrected chi connectivity index (χ4v) is 3.27. The zero-order valence-electron chi connectivity index (χ0n) is 10.5. The Kier molecular flexibility index (Phi) is 3.27. The Hall–Kier alpha value is -0.160. The van der Waals surface area contributed by atoms with Crippen LogP contribution in [-0.4, -0.2) is 44.4 Å². The molecule has 2 aliphatic carbocycles. The first-order chi connectivity index (χ1) is 7.60. The van der Waals surface area contributed by atoms with Gasteiger partial charge in [0.25, 0.3) is 0 Å². The maximum Gasteiger partial charge on any atom is 0.175 e. The summed E-state index contributed by atoms with van der Waals surface area (Å²) in [5, 5.41) is 10.7. The van der Waals surface area contributed by atoms with Crippen LogP contribution in [0.4, 0.5) is 0 Å². The van der Waals surface area contributed by atoms with Gasteiger partial charge in [-0.15, -0.1) is 0 Å². The fourth-order valence-electron chi connectivity index (χ4n) is 3.27. The van der Waals surface area contributed by atoms with Crippen LogP contribution in [0.2, 0.25) is 0 Å². The zero-order valence-corrected chi connectivity index (χ0v) is 10.5. The predicted molar refractivity (Wildman–Crippen MR) is 58.9 cm³/mol. The second-order valence-electron chi connectivity index (χ2n) is 5.01. The van der Waals surface area contributed by atoms with Crippen LogP contribution in [-0.2, 0) is 14.2 Å². The standard InChI is InChI=1S/C12H22O4/c1-7-10(14-2)11(15-3)9(8-5-6-8)12(7,13)16-4/h7-11,13H,5-6H2,1-4H3. The summed E-state index contributed by atoms with van der Waals surface area (Å²) >= 11 is 0. The van der Waals surface area contributed by atoms with Gasteiger partial charge in [-0.2, -0.15) is 0 Å². The molecule has 0 aromatic rings. The molecule has 0 radical (unpaired) electrons. The van der Waals surface area contributed by atoms with Crippen molar-refractivity contribution in [1.82, 2.24) is 0 Å². The molecule has 2 aliphatic rings. The second kappa shape index (κ2) is 4.26. The summed E-state index contributed by atoms with van der Waals surface area (Å²) in [5.41, 5.74) is 0. The molecule has 94 valence electrons. The van der Waals surface area contributed by atoms with E-state index in [1.165, 1.54) is 0 Å². The van der Waals surface area contributed by atoms with E-state index in [4.69, 9.17) is 14.2 Å². The molecule has 0 aromatic carbocycles. The lowest BCUT2D eigenvalue weighted by atomic mass is 9.92. The van der Waals surface area contributed by atoms with Crippen LogP contribution in [0.3, 0.4) is 0 Å². The second-order valence-corrected chi connectivity index (χ2v) is 5.01. The van der Waals surface area contributed by atoms with Crippen molar-refractivity contribution < 1.29 is 19.3 Å². The van der Waals surface area contributed by atoms with Crippen LogP contribution in [0.5, 0.6) is 0 Å². The molecule has 4 heteroatoms. The van der Waals surface area contributed by atoms with Gasteiger partial charge in [-0.05, 0) is 18.8 Å². The van der Waals surface area contributed by atoms with E-state index in [0.29, 0.717) is 5.92 Å². The smallest absolute Gasteiger partial charge is 0.175 e. The van der Waals surface area contributed by atoms with E-state index in [0.717, 1.165) is 12.8 Å². The SMILES string of the molecule is COC1C(OC)C(C2CC2)C(O)(OC)C1C. The molecule has 2 fully saturated rings. The first kappa shape index (κ1) is 12.3. The Morgan fingerprint density at radius 2 is 1.62 bits per heavy atom. The number of methoxy groups -OCH3 is 3. The van der Waals surface area contributed by atoms with Crippen molar-refractivity contribution in [2.45, 2.75) is 37.8 Å². The van der Waals surface area contributed by atoms with Gasteiger partial charge in [-0.1, -0.05) is 6.92 Å². The maximum absolute atomic E-state index is 10.7. The minimum absolute atomic E-state index is 0.0300. The van der Waals surface area contributed by atoms with Crippen LogP contribution in [0.1, 0.15) is 19.8 Å². The highest BCUT2D eigenvalue weighted by atomic mass is 16.6. The number of aliphatic hydroxyl groups is 1. The molecule has 5 atom stereocenters. The van der Waals surface area contributed by atoms with Gasteiger partial charge < -0.3 is 19.3 Å². The van der Waals surface area contributed by atoms with E-state index in [-0.39, 0.29) is 24.0 Å². The van der Waals surface area contributed by atoms with Gasteiger partial charge in [0.1, 0.15) is 0 Å². The summed E-state index contributed by atoms with van der Waals surface area (Å²) in [5.74, 6) is -0.638. The van der Waals surface area contributed by atoms with Crippen LogP contribution in [0.15, 0.2) is 0 Å². The summed E-state index contributed by atoms with van der Waals surface area (Å²) in [6, 6.07) is 0. The predicted octanol–water partition coefficient (Wildman–Crippen LogP) is 1.03. The van der Waals surface area contributed by atoms with Crippen LogP contribution in [0, 0.1) is 17.8 Å². The minimum atomic E-state index is -1.11. The first-order valence-corrected chi connectivity index (χ1v) is 5.93. The number of ether oxygens (including phenoxy) is 3. The molecule has 0 aliphatic heterocycles. The summed E-state index contributed by atoms with van der Waals surface area (Å²) in [4.78, 5) is 0. The van der Waals surface area contributed by atoms with Gasteiger partial charge in [0.15, 0.2) is 5.79 Å². The normalized spacial score (nSPS) is 48.6. The molecule has 1 N–H and O–H groups in total. The van der Waals surface area contributed by atoms with E-state index in [9.17, 15) is 5.11 Å². The van der Waals surface area contributed by atoms with Crippen LogP contribution in [0.25, 0.3) is 0 Å². The van der Waals surface area contributed by atoms with Gasteiger partial charge in [-0.3, -0.25) is 0 Å². The molecule has 2 rings (SSSR count). The molecule has 0 saturated heterocycles. The molecule has 0 amide bonds. The van der Waals surface area contributed by atoms with Crippen molar-refractivity contribution in [3.63, 3.8) is 0 Å². The number of hydrogen-bond donors (Lipinski definition) is 1. The van der Waals surface area contributed by atoms with E-state index >= 15 is 0 Å². The molecule has 5 unspecified atom stereocenters. The molecule has 4 nitrogen and oxygen atoms in total. The Morgan fingerprint density at radius 3 is 2.00 bits per heavy atom. The Balaban J connectivity index is 2.29. The Labute approximate surface area is 96.9 Å². The average Bonchev–Trinajstić information content (AvgIpc) is 3.08. The first-order valence-electron chi connectivity index (χ1n) is 5.93. The highest BCUT2D eigenvalue weighted by molar-refractivity contribution is 5.07. The summed E-state index contributed by atoms with van der Waals surface area (Å²) in [6.45, 7) is 1.96. The van der Waals surface area contributed by atoms with E-state index in [2.05, 4.69) is 0 Å². The third-order valence-electron chi connectivity index (χ3n) is 4.30. The highest BCUT2D eigenvalue weighted by Gasteiger charge is 2.63. The van der Waals surface area contributed by atoms with Crippen molar-refractivity contribution in [3.05, 3.63) is 0 Å². The van der Waals surface area contributed by atoms with Crippen molar-refractivity contribution in [3.8, 4) is 0 Å². The fraction of sp³-hybridized carbons (Fsp3) is 1.00. The summed E-state index contributed by atoms with van der Waals surface area (Å²) < 4.78 is 16.4. The molecule has 0 aromatic heterocycles. The lowest BCUT2D eigenvalue weighted by molar-refractivity contribution is -0.244. The largest absolute Gasteiger partial charge is 0.378 e. The minimum Gasteiger partial charge on any atom is -0.378 e. The Bertz CT molecular complexity index is 253. The van der Waals surface area contributed by atoms with E-state index in [1.807, 2.05) is 6.92 Å². The van der Waals surface area contributed by atoms with Gasteiger partial charge in [0.2, 0.25) is 0 Å². The molecule has 0 bridgehead atoms. The molecule has 2 saturated carbocycles. The number of rotatable bonds is 4. The van der Waals surface area contributed by atoms with Gasteiger partial charge >= 0.3 is 0 Å². The maximum atomic E-state index is 10.7. The summed E-state index contributed by atoms with van der Waals surface area (Å²) in [7, 11) is 4.91. The van der Waals surface area contributed by atoms with Crippen molar-refractivity contribution in [2.24, 2.45) is 17.8 Å². The zero-order chi connectivity index (χ0) is 11.9. The summed E-state index contributed by atoms with van der Waals surface area (Å²) in [6.07, 6.45) is 2.14. The van der Waals surface area contributed by atoms with Crippen molar-refractivity contribution in [2.75, 3.05) is 21.3 Å². The molecular formula is C12H22O4. The third-order valence-corrected chi connectivity index (χ3v) is 4.30. The lowest BCUT2D eigenvalue weighted by Crippen LogP contribution is -2.44. The molecular weight excluding hydrogens is 208 g/mol. The van der Waals surface area contributed by atoms with Gasteiger partial charge in [0, 0.05) is 33.2 Å². The molecule has 0 heterocycles. The van der Waals surface area contributed by atoms with E-state index < -0.39 is 5.79 Å². The van der Waals surface area contributed by atoms with Crippen molar-refractivity contribution >= 4 is 0 Å². The monoisotopic (exact) mass is 230 g/mol. The van der Waals surface area contributed by atoms with Crippen molar-refractivity contribution in [1.29, 1.82) is 0 Å². The quantitative estimate of drug-likeness (QED) is 0.733. The molecule has 0 spiro atoms. The van der Waals surface area contributed by atoms with Gasteiger partial charge in [0.05, 0.1) is 12.2 Å². The van der Waals surface area contributed by atoms with Gasteiger partial charge in [-0.25, -0.2) is 0 Å². The van der Waals surface area contributed by atoms with Crippen LogP contribution >= 0.6 is 0 Å². The van der Waals surface area contributed by atoms with E-state index in [1.54, 1.807) is 21.3 Å². The lowest BCUT2D eigenvalue weighted by Gasteiger charge is -2.33. The van der Waals surface area contributed by atoms with Crippen LogP contribution < -0.4 is 0 Å². The molecule has 16 heavy (non-hydrogen) atoms. The topological polar surface area (TPSA) is 47.9 Å². The highest BCUT2D eigenvalue weighted by Crippen LogP contribution is 2.54. The third kappa shape index (κ3) is 1.59. The average molecular weight is 230 g/mol. The number of hydrogen-bond acceptors (Lipinski definition) is 4.